The monoisotopic (exact) mass is 177 g/mol. The molecule has 0 saturated carbocycles. The Balaban J connectivity index is 2.91. The molecule has 66 valence electrons. The number of furan rings is 1. The summed E-state index contributed by atoms with van der Waals surface area (Å²) in [6.45, 7) is 0. The van der Waals surface area contributed by atoms with Crippen LogP contribution in [0.3, 0.4) is 0 Å². The Kier molecular flexibility index (Phi) is 2.87. The van der Waals surface area contributed by atoms with Crippen LogP contribution in [0.15, 0.2) is 28.4 Å². The first-order chi connectivity index (χ1) is 6.27. The fourth-order valence-corrected chi connectivity index (χ4v) is 0.762. The van der Waals surface area contributed by atoms with Gasteiger partial charge < -0.3 is 9.15 Å². The Morgan fingerprint density at radius 1 is 1.77 bits per heavy atom. The number of carbonyl (C=O) groups is 1. The SMILES string of the molecule is COC(=O)/C(C#N)=C\c1ccco1. The van der Waals surface area contributed by atoms with Gasteiger partial charge in [0, 0.05) is 6.08 Å². The summed E-state index contributed by atoms with van der Waals surface area (Å²) in [6, 6.07) is 5.02. The summed E-state index contributed by atoms with van der Waals surface area (Å²) in [7, 11) is 1.22. The van der Waals surface area contributed by atoms with E-state index in [0.29, 0.717) is 5.76 Å². The molecular formula is C9H7NO3. The van der Waals surface area contributed by atoms with Crippen LogP contribution in [0, 0.1) is 11.3 Å². The minimum Gasteiger partial charge on any atom is -0.465 e. The molecule has 4 nitrogen and oxygen atoms in total. The molecule has 0 bridgehead atoms. The van der Waals surface area contributed by atoms with E-state index >= 15 is 0 Å². The summed E-state index contributed by atoms with van der Waals surface area (Å²) in [5, 5.41) is 8.57. The molecule has 0 N–H and O–H groups in total. The molecule has 13 heavy (non-hydrogen) atoms. The van der Waals surface area contributed by atoms with Crippen LogP contribution in [-0.4, -0.2) is 13.1 Å². The topological polar surface area (TPSA) is 63.2 Å². The normalized spacial score (nSPS) is 10.6. The van der Waals surface area contributed by atoms with Crippen LogP contribution < -0.4 is 0 Å². The fraction of sp³-hybridized carbons (Fsp3) is 0.111. The number of rotatable bonds is 2. The number of methoxy groups -OCH3 is 1. The smallest absolute Gasteiger partial charge is 0.348 e. The Morgan fingerprint density at radius 3 is 3.00 bits per heavy atom. The van der Waals surface area contributed by atoms with Gasteiger partial charge in [-0.2, -0.15) is 5.26 Å². The lowest BCUT2D eigenvalue weighted by Crippen LogP contribution is -2.02. The largest absolute Gasteiger partial charge is 0.465 e. The molecule has 0 aliphatic carbocycles. The lowest BCUT2D eigenvalue weighted by Gasteiger charge is -1.93. The summed E-state index contributed by atoms with van der Waals surface area (Å²) >= 11 is 0. The third-order valence-corrected chi connectivity index (χ3v) is 1.36. The van der Waals surface area contributed by atoms with E-state index in [1.165, 1.54) is 19.4 Å². The van der Waals surface area contributed by atoms with E-state index < -0.39 is 5.97 Å². The molecule has 0 aliphatic heterocycles. The van der Waals surface area contributed by atoms with Crippen molar-refractivity contribution in [3.8, 4) is 6.07 Å². The molecule has 0 aromatic carbocycles. The van der Waals surface area contributed by atoms with Crippen molar-refractivity contribution in [3.05, 3.63) is 29.7 Å². The fourth-order valence-electron chi connectivity index (χ4n) is 0.762. The van der Waals surface area contributed by atoms with Gasteiger partial charge in [-0.15, -0.1) is 0 Å². The molecule has 1 heterocycles. The Hall–Kier alpha value is -2.02. The second kappa shape index (κ2) is 4.12. The molecule has 1 aromatic rings. The van der Waals surface area contributed by atoms with E-state index in [0.717, 1.165) is 0 Å². The minimum atomic E-state index is -0.668. The first-order valence-electron chi connectivity index (χ1n) is 3.51. The molecule has 0 unspecified atom stereocenters. The number of esters is 1. The Labute approximate surface area is 75.0 Å². The van der Waals surface area contributed by atoms with Gasteiger partial charge in [-0.1, -0.05) is 0 Å². The van der Waals surface area contributed by atoms with E-state index in [1.54, 1.807) is 18.2 Å². The van der Waals surface area contributed by atoms with Crippen LogP contribution in [-0.2, 0) is 9.53 Å². The summed E-state index contributed by atoms with van der Waals surface area (Å²) in [5.74, 6) is -0.221. The Bertz CT molecular complexity index is 357. The van der Waals surface area contributed by atoms with E-state index in [2.05, 4.69) is 4.74 Å². The van der Waals surface area contributed by atoms with Gasteiger partial charge in [-0.25, -0.2) is 4.79 Å². The molecule has 0 amide bonds. The number of hydrogen-bond acceptors (Lipinski definition) is 4. The first kappa shape index (κ1) is 9.07. The van der Waals surface area contributed by atoms with Crippen molar-refractivity contribution in [3.63, 3.8) is 0 Å². The van der Waals surface area contributed by atoms with Crippen LogP contribution >= 0.6 is 0 Å². The van der Waals surface area contributed by atoms with Crippen molar-refractivity contribution < 1.29 is 13.9 Å². The molecule has 1 rings (SSSR count). The lowest BCUT2D eigenvalue weighted by atomic mass is 10.2. The van der Waals surface area contributed by atoms with Gasteiger partial charge in [0.15, 0.2) is 0 Å². The van der Waals surface area contributed by atoms with E-state index in [-0.39, 0.29) is 5.57 Å². The lowest BCUT2D eigenvalue weighted by molar-refractivity contribution is -0.135. The number of carbonyl (C=O) groups excluding carboxylic acids is 1. The zero-order valence-corrected chi connectivity index (χ0v) is 6.98. The van der Waals surface area contributed by atoms with Gasteiger partial charge >= 0.3 is 5.97 Å². The van der Waals surface area contributed by atoms with E-state index in [9.17, 15) is 4.79 Å². The average molecular weight is 177 g/mol. The highest BCUT2D eigenvalue weighted by Gasteiger charge is 2.08. The van der Waals surface area contributed by atoms with Crippen molar-refractivity contribution in [2.24, 2.45) is 0 Å². The summed E-state index contributed by atoms with van der Waals surface area (Å²) in [4.78, 5) is 10.9. The first-order valence-corrected chi connectivity index (χ1v) is 3.51. The number of hydrogen-bond donors (Lipinski definition) is 0. The molecule has 0 atom stereocenters. The molecule has 1 aromatic heterocycles. The van der Waals surface area contributed by atoms with Gasteiger partial charge in [-0.05, 0) is 12.1 Å². The van der Waals surface area contributed by atoms with Gasteiger partial charge in [0.05, 0.1) is 13.4 Å². The van der Waals surface area contributed by atoms with Crippen LogP contribution in [0.5, 0.6) is 0 Å². The molecule has 0 radical (unpaired) electrons. The van der Waals surface area contributed by atoms with E-state index in [1.807, 2.05) is 0 Å². The van der Waals surface area contributed by atoms with Crippen LogP contribution in [0.1, 0.15) is 5.76 Å². The number of ether oxygens (including phenoxy) is 1. The standard InChI is InChI=1S/C9H7NO3/c1-12-9(11)7(6-10)5-8-3-2-4-13-8/h2-5H,1H3/b7-5-. The van der Waals surface area contributed by atoms with Crippen LogP contribution in [0.25, 0.3) is 6.08 Å². The van der Waals surface area contributed by atoms with Gasteiger partial charge in [0.25, 0.3) is 0 Å². The second-order valence-electron chi connectivity index (χ2n) is 2.18. The highest BCUT2D eigenvalue weighted by atomic mass is 16.5. The minimum absolute atomic E-state index is 0.0857. The van der Waals surface area contributed by atoms with Gasteiger partial charge in [0.2, 0.25) is 0 Å². The van der Waals surface area contributed by atoms with Gasteiger partial charge in [0.1, 0.15) is 17.4 Å². The maximum Gasteiger partial charge on any atom is 0.348 e. The van der Waals surface area contributed by atoms with Crippen molar-refractivity contribution in [1.82, 2.24) is 0 Å². The van der Waals surface area contributed by atoms with Crippen molar-refractivity contribution in [1.29, 1.82) is 5.26 Å². The molecule has 0 aliphatic rings. The number of nitrogens with zero attached hydrogens (tertiary/aromatic N) is 1. The number of nitriles is 1. The zero-order valence-electron chi connectivity index (χ0n) is 6.98. The zero-order chi connectivity index (χ0) is 9.68. The third kappa shape index (κ3) is 2.20. The van der Waals surface area contributed by atoms with Crippen LogP contribution in [0.4, 0.5) is 0 Å². The molecule has 0 saturated heterocycles. The summed E-state index contributed by atoms with van der Waals surface area (Å²) in [6.07, 6.45) is 2.78. The average Bonchev–Trinajstić information content (AvgIpc) is 2.65. The highest BCUT2D eigenvalue weighted by molar-refractivity contribution is 5.97. The summed E-state index contributed by atoms with van der Waals surface area (Å²) < 4.78 is 9.31. The molecule has 4 heteroatoms. The van der Waals surface area contributed by atoms with Crippen molar-refractivity contribution >= 4 is 12.0 Å². The second-order valence-corrected chi connectivity index (χ2v) is 2.18. The summed E-state index contributed by atoms with van der Waals surface area (Å²) in [5.41, 5.74) is -0.0857. The predicted molar refractivity (Wildman–Crippen MR) is 44.3 cm³/mol. The highest BCUT2D eigenvalue weighted by Crippen LogP contribution is 2.07. The van der Waals surface area contributed by atoms with Gasteiger partial charge in [-0.3, -0.25) is 0 Å². The molecule has 0 fully saturated rings. The van der Waals surface area contributed by atoms with E-state index in [4.69, 9.17) is 9.68 Å². The maximum atomic E-state index is 10.9. The van der Waals surface area contributed by atoms with Crippen molar-refractivity contribution in [2.45, 2.75) is 0 Å². The predicted octanol–water partition coefficient (Wildman–Crippen LogP) is 1.36. The molecular weight excluding hydrogens is 170 g/mol. The quantitative estimate of drug-likeness (QED) is 0.388. The molecule has 0 spiro atoms. The van der Waals surface area contributed by atoms with Crippen LogP contribution in [0.2, 0.25) is 0 Å². The Morgan fingerprint density at radius 2 is 2.54 bits per heavy atom. The maximum absolute atomic E-state index is 10.9. The third-order valence-electron chi connectivity index (χ3n) is 1.36. The van der Waals surface area contributed by atoms with Crippen molar-refractivity contribution in [2.75, 3.05) is 7.11 Å².